The molecule has 1 N–H and O–H groups in total. The van der Waals surface area contributed by atoms with Crippen LogP contribution in [0.5, 0.6) is 0 Å². The van der Waals surface area contributed by atoms with Gasteiger partial charge in [0.2, 0.25) is 5.91 Å². The number of alkyl halides is 1. The molecular formula is C16H22ClNO. The fourth-order valence-electron chi connectivity index (χ4n) is 2.77. The molecule has 0 saturated heterocycles. The Kier molecular flexibility index (Phi) is 5.71. The van der Waals surface area contributed by atoms with Crippen molar-refractivity contribution in [1.82, 2.24) is 0 Å². The summed E-state index contributed by atoms with van der Waals surface area (Å²) in [5.41, 5.74) is 1.89. The molecule has 104 valence electrons. The molecule has 19 heavy (non-hydrogen) atoms. The number of benzene rings is 1. The van der Waals surface area contributed by atoms with Gasteiger partial charge >= 0.3 is 0 Å². The summed E-state index contributed by atoms with van der Waals surface area (Å²) in [4.78, 5) is 12.0. The van der Waals surface area contributed by atoms with E-state index in [4.69, 9.17) is 11.6 Å². The monoisotopic (exact) mass is 279 g/mol. The highest BCUT2D eigenvalue weighted by atomic mass is 35.5. The van der Waals surface area contributed by atoms with Gasteiger partial charge in [-0.3, -0.25) is 4.79 Å². The lowest BCUT2D eigenvalue weighted by Crippen LogP contribution is -2.16. The van der Waals surface area contributed by atoms with Crippen molar-refractivity contribution in [2.24, 2.45) is 5.92 Å². The molecule has 0 aliphatic heterocycles. The summed E-state index contributed by atoms with van der Waals surface area (Å²) in [6, 6.07) is 7.76. The number of carbonyl (C=O) groups excluding carboxylic acids is 1. The average Bonchev–Trinajstić information content (AvgIpc) is 2.67. The quantitative estimate of drug-likeness (QED) is 0.627. The zero-order valence-electron chi connectivity index (χ0n) is 11.3. The highest BCUT2D eigenvalue weighted by Crippen LogP contribution is 2.25. The Labute approximate surface area is 120 Å². The lowest BCUT2D eigenvalue weighted by molar-refractivity contribution is -0.117. The molecule has 1 amide bonds. The number of halogens is 1. The minimum Gasteiger partial charge on any atom is -0.326 e. The summed E-state index contributed by atoms with van der Waals surface area (Å²) in [6.07, 6.45) is 8.28. The summed E-state index contributed by atoms with van der Waals surface area (Å²) < 4.78 is 0. The number of nitrogens with one attached hydrogen (secondary N) is 1. The number of rotatable bonds is 4. The van der Waals surface area contributed by atoms with Gasteiger partial charge in [-0.1, -0.05) is 37.8 Å². The van der Waals surface area contributed by atoms with Crippen molar-refractivity contribution in [3.63, 3.8) is 0 Å². The maximum Gasteiger partial charge on any atom is 0.224 e. The maximum atomic E-state index is 12.0. The summed E-state index contributed by atoms with van der Waals surface area (Å²) in [5.74, 6) is 1.18. The highest BCUT2D eigenvalue weighted by molar-refractivity contribution is 6.17. The van der Waals surface area contributed by atoms with Gasteiger partial charge in [0.1, 0.15) is 0 Å². The van der Waals surface area contributed by atoms with Crippen LogP contribution in [0.4, 0.5) is 5.69 Å². The number of amides is 1. The van der Waals surface area contributed by atoms with Crippen LogP contribution in [0.3, 0.4) is 0 Å². The first-order valence-electron chi connectivity index (χ1n) is 7.22. The van der Waals surface area contributed by atoms with Crippen molar-refractivity contribution in [1.29, 1.82) is 0 Å². The van der Waals surface area contributed by atoms with Crippen LogP contribution >= 0.6 is 11.6 Å². The van der Waals surface area contributed by atoms with E-state index in [0.717, 1.165) is 11.3 Å². The van der Waals surface area contributed by atoms with Gasteiger partial charge in [-0.05, 0) is 36.5 Å². The molecule has 3 heteroatoms. The van der Waals surface area contributed by atoms with Gasteiger partial charge in [0.15, 0.2) is 0 Å². The molecule has 1 aromatic rings. The van der Waals surface area contributed by atoms with Crippen molar-refractivity contribution >= 4 is 23.2 Å². The standard InChI is InChI=1S/C16H22ClNO/c17-12-14-8-5-9-15(10-14)18-16(19)11-13-6-3-1-2-4-7-13/h5,8-10,13H,1-4,6-7,11-12H2,(H,18,19). The van der Waals surface area contributed by atoms with Crippen LogP contribution in [-0.2, 0) is 10.7 Å². The Morgan fingerprint density at radius 3 is 2.63 bits per heavy atom. The molecular weight excluding hydrogens is 258 g/mol. The number of hydrogen-bond donors (Lipinski definition) is 1. The van der Waals surface area contributed by atoms with Crippen LogP contribution in [-0.4, -0.2) is 5.91 Å². The minimum atomic E-state index is 0.138. The molecule has 0 spiro atoms. The summed E-state index contributed by atoms with van der Waals surface area (Å²) in [7, 11) is 0. The first-order valence-corrected chi connectivity index (χ1v) is 7.76. The Morgan fingerprint density at radius 2 is 1.95 bits per heavy atom. The molecule has 1 fully saturated rings. The van der Waals surface area contributed by atoms with Crippen molar-refractivity contribution in [2.75, 3.05) is 5.32 Å². The molecule has 0 bridgehead atoms. The summed E-state index contributed by atoms with van der Waals surface area (Å²) in [6.45, 7) is 0. The first-order chi connectivity index (χ1) is 9.28. The molecule has 0 aromatic heterocycles. The van der Waals surface area contributed by atoms with Gasteiger partial charge in [0.25, 0.3) is 0 Å². The van der Waals surface area contributed by atoms with Crippen LogP contribution in [0.15, 0.2) is 24.3 Å². The minimum absolute atomic E-state index is 0.138. The normalized spacial score (nSPS) is 16.9. The van der Waals surface area contributed by atoms with Crippen LogP contribution < -0.4 is 5.32 Å². The zero-order valence-corrected chi connectivity index (χ0v) is 12.1. The molecule has 0 unspecified atom stereocenters. The fourth-order valence-corrected chi connectivity index (χ4v) is 2.94. The SMILES string of the molecule is O=C(CC1CCCCCC1)Nc1cccc(CCl)c1. The Morgan fingerprint density at radius 1 is 1.21 bits per heavy atom. The van der Waals surface area contributed by atoms with Crippen LogP contribution in [0.25, 0.3) is 0 Å². The molecule has 0 atom stereocenters. The van der Waals surface area contributed by atoms with E-state index >= 15 is 0 Å². The molecule has 2 nitrogen and oxygen atoms in total. The smallest absolute Gasteiger partial charge is 0.224 e. The average molecular weight is 280 g/mol. The van der Waals surface area contributed by atoms with Crippen LogP contribution in [0, 0.1) is 5.92 Å². The van der Waals surface area contributed by atoms with Crippen molar-refractivity contribution < 1.29 is 4.79 Å². The van der Waals surface area contributed by atoms with Crippen molar-refractivity contribution in [3.8, 4) is 0 Å². The van der Waals surface area contributed by atoms with E-state index < -0.39 is 0 Å². The molecule has 1 aromatic carbocycles. The second-order valence-corrected chi connectivity index (χ2v) is 5.71. The van der Waals surface area contributed by atoms with E-state index in [0.29, 0.717) is 18.2 Å². The molecule has 2 rings (SSSR count). The largest absolute Gasteiger partial charge is 0.326 e. The van der Waals surface area contributed by atoms with E-state index in [1.54, 1.807) is 0 Å². The Balaban J connectivity index is 1.85. The third kappa shape index (κ3) is 4.87. The van der Waals surface area contributed by atoms with E-state index in [1.807, 2.05) is 24.3 Å². The molecule has 0 radical (unpaired) electrons. The van der Waals surface area contributed by atoms with Gasteiger partial charge in [0.05, 0.1) is 0 Å². The van der Waals surface area contributed by atoms with E-state index in [2.05, 4.69) is 5.32 Å². The lowest BCUT2D eigenvalue weighted by atomic mass is 9.96. The van der Waals surface area contributed by atoms with Crippen molar-refractivity contribution in [3.05, 3.63) is 29.8 Å². The second-order valence-electron chi connectivity index (χ2n) is 5.44. The third-order valence-electron chi connectivity index (χ3n) is 3.81. The summed E-state index contributed by atoms with van der Waals surface area (Å²) >= 11 is 5.80. The maximum absolute atomic E-state index is 12.0. The number of anilines is 1. The van der Waals surface area contributed by atoms with Gasteiger partial charge in [-0.2, -0.15) is 0 Å². The van der Waals surface area contributed by atoms with Gasteiger partial charge in [-0.25, -0.2) is 0 Å². The third-order valence-corrected chi connectivity index (χ3v) is 4.12. The van der Waals surface area contributed by atoms with Crippen LogP contribution in [0.1, 0.15) is 50.5 Å². The van der Waals surface area contributed by atoms with E-state index in [9.17, 15) is 4.79 Å². The molecule has 1 saturated carbocycles. The molecule has 0 heterocycles. The van der Waals surface area contributed by atoms with Gasteiger partial charge in [0, 0.05) is 18.0 Å². The molecule has 1 aliphatic rings. The fraction of sp³-hybridized carbons (Fsp3) is 0.562. The zero-order chi connectivity index (χ0) is 13.5. The first kappa shape index (κ1) is 14.4. The molecule has 1 aliphatic carbocycles. The van der Waals surface area contributed by atoms with Crippen molar-refractivity contribution in [2.45, 2.75) is 50.8 Å². The van der Waals surface area contributed by atoms with Gasteiger partial charge in [-0.15, -0.1) is 11.6 Å². The predicted octanol–water partition coefficient (Wildman–Crippen LogP) is 4.72. The number of hydrogen-bond acceptors (Lipinski definition) is 1. The number of carbonyl (C=O) groups is 1. The van der Waals surface area contributed by atoms with E-state index in [1.165, 1.54) is 38.5 Å². The van der Waals surface area contributed by atoms with E-state index in [-0.39, 0.29) is 5.91 Å². The Hall–Kier alpha value is -1.02. The summed E-state index contributed by atoms with van der Waals surface area (Å²) in [5, 5.41) is 2.99. The topological polar surface area (TPSA) is 29.1 Å². The lowest BCUT2D eigenvalue weighted by Gasteiger charge is -2.13. The Bertz CT molecular complexity index is 411. The highest BCUT2D eigenvalue weighted by Gasteiger charge is 2.16. The predicted molar refractivity (Wildman–Crippen MR) is 80.4 cm³/mol. The second kappa shape index (κ2) is 7.54. The van der Waals surface area contributed by atoms with Gasteiger partial charge < -0.3 is 5.32 Å². The van der Waals surface area contributed by atoms with Crippen LogP contribution in [0.2, 0.25) is 0 Å².